The van der Waals surface area contributed by atoms with Crippen molar-refractivity contribution in [2.75, 3.05) is 20.2 Å². The molecule has 1 amide bonds. The molecule has 7 nitrogen and oxygen atoms in total. The summed E-state index contributed by atoms with van der Waals surface area (Å²) in [7, 11) is 1.67. The van der Waals surface area contributed by atoms with Gasteiger partial charge in [-0.1, -0.05) is 16.8 Å². The number of nitrogens with zero attached hydrogens (tertiary/aromatic N) is 3. The minimum absolute atomic E-state index is 0.224. The maximum Gasteiger partial charge on any atom is 0.258 e. The molecule has 0 bridgehead atoms. The number of aromatic nitrogens is 2. The summed E-state index contributed by atoms with van der Waals surface area (Å²) in [6.45, 7) is 4.47. The third-order valence-electron chi connectivity index (χ3n) is 3.58. The second kappa shape index (κ2) is 8.12. The van der Waals surface area contributed by atoms with Crippen molar-refractivity contribution >= 4 is 17.5 Å². The van der Waals surface area contributed by atoms with E-state index in [0.29, 0.717) is 47.6 Å². The lowest BCUT2D eigenvalue weighted by atomic mass is 10.1. The van der Waals surface area contributed by atoms with Gasteiger partial charge in [0, 0.05) is 12.1 Å². The van der Waals surface area contributed by atoms with Gasteiger partial charge >= 0.3 is 0 Å². The number of amides is 1. The Kier molecular flexibility index (Phi) is 6.16. The van der Waals surface area contributed by atoms with Gasteiger partial charge in [-0.3, -0.25) is 4.79 Å². The zero-order valence-electron chi connectivity index (χ0n) is 14.0. The molecule has 8 heteroatoms. The highest BCUT2D eigenvalue weighted by molar-refractivity contribution is 6.30. The predicted molar refractivity (Wildman–Crippen MR) is 90.2 cm³/mol. The average Bonchev–Trinajstić information content (AvgIpc) is 3.00. The molecule has 2 rings (SSSR count). The van der Waals surface area contributed by atoms with Crippen LogP contribution >= 0.6 is 11.6 Å². The SMILES string of the molecule is Cc1noc([C@H](C)N(C)C(=O)c2ccc(Cl)cc2OCCCN)n1. The summed E-state index contributed by atoms with van der Waals surface area (Å²) in [5.74, 6) is 1.11. The average molecular weight is 353 g/mol. The molecule has 1 aromatic heterocycles. The van der Waals surface area contributed by atoms with Gasteiger partial charge in [0.25, 0.3) is 5.91 Å². The van der Waals surface area contributed by atoms with Crippen molar-refractivity contribution in [1.82, 2.24) is 15.0 Å². The maximum atomic E-state index is 12.8. The quantitative estimate of drug-likeness (QED) is 0.769. The van der Waals surface area contributed by atoms with Crippen LogP contribution in [0, 0.1) is 6.92 Å². The van der Waals surface area contributed by atoms with E-state index in [0.717, 1.165) is 0 Å². The Balaban J connectivity index is 2.21. The molecule has 0 saturated heterocycles. The van der Waals surface area contributed by atoms with Crippen molar-refractivity contribution in [3.05, 3.63) is 40.5 Å². The first-order chi connectivity index (χ1) is 11.4. The summed E-state index contributed by atoms with van der Waals surface area (Å²) in [4.78, 5) is 18.5. The van der Waals surface area contributed by atoms with Gasteiger partial charge in [0.2, 0.25) is 5.89 Å². The molecule has 0 fully saturated rings. The fraction of sp³-hybridized carbons (Fsp3) is 0.438. The highest BCUT2D eigenvalue weighted by atomic mass is 35.5. The molecule has 1 atom stereocenters. The van der Waals surface area contributed by atoms with E-state index in [1.165, 1.54) is 4.90 Å². The first-order valence-electron chi connectivity index (χ1n) is 7.63. The number of rotatable bonds is 7. The molecule has 0 spiro atoms. The van der Waals surface area contributed by atoms with Crippen LogP contribution in [0.3, 0.4) is 0 Å². The Morgan fingerprint density at radius 1 is 1.50 bits per heavy atom. The van der Waals surface area contributed by atoms with Crippen LogP contribution in [0.25, 0.3) is 0 Å². The predicted octanol–water partition coefficient (Wildman–Crippen LogP) is 2.59. The molecule has 0 saturated carbocycles. The highest BCUT2D eigenvalue weighted by Gasteiger charge is 2.25. The van der Waals surface area contributed by atoms with Crippen molar-refractivity contribution < 1.29 is 14.1 Å². The monoisotopic (exact) mass is 352 g/mol. The Bertz CT molecular complexity index is 704. The Morgan fingerprint density at radius 3 is 2.88 bits per heavy atom. The van der Waals surface area contributed by atoms with Crippen molar-refractivity contribution in [3.8, 4) is 5.75 Å². The van der Waals surface area contributed by atoms with Crippen molar-refractivity contribution in [3.63, 3.8) is 0 Å². The summed E-state index contributed by atoms with van der Waals surface area (Å²) in [6, 6.07) is 4.55. The third-order valence-corrected chi connectivity index (χ3v) is 3.82. The van der Waals surface area contributed by atoms with Crippen LogP contribution in [0.2, 0.25) is 5.02 Å². The van der Waals surface area contributed by atoms with Crippen LogP contribution < -0.4 is 10.5 Å². The molecule has 0 radical (unpaired) electrons. The summed E-state index contributed by atoms with van der Waals surface area (Å²) >= 11 is 6.01. The number of benzene rings is 1. The van der Waals surface area contributed by atoms with E-state index < -0.39 is 0 Å². The molecule has 1 aromatic carbocycles. The number of carbonyl (C=O) groups is 1. The first kappa shape index (κ1) is 18.2. The minimum Gasteiger partial charge on any atom is -0.493 e. The Hall–Kier alpha value is -2.12. The van der Waals surface area contributed by atoms with Crippen LogP contribution in [-0.4, -0.2) is 41.1 Å². The van der Waals surface area contributed by atoms with E-state index >= 15 is 0 Å². The highest BCUT2D eigenvalue weighted by Crippen LogP contribution is 2.27. The standard InChI is InChI=1S/C16H21ClN4O3/c1-10(15-19-11(2)20-24-15)21(3)16(22)13-6-5-12(17)9-14(13)23-8-4-7-18/h5-6,9-10H,4,7-8,18H2,1-3H3/t10-/m0/s1. The number of carbonyl (C=O) groups excluding carboxylic acids is 1. The maximum absolute atomic E-state index is 12.8. The fourth-order valence-electron chi connectivity index (χ4n) is 2.07. The van der Waals surface area contributed by atoms with E-state index in [1.54, 1.807) is 32.2 Å². The van der Waals surface area contributed by atoms with E-state index in [9.17, 15) is 4.79 Å². The van der Waals surface area contributed by atoms with Gasteiger partial charge in [-0.2, -0.15) is 4.98 Å². The lowest BCUT2D eigenvalue weighted by Crippen LogP contribution is -2.30. The van der Waals surface area contributed by atoms with Gasteiger partial charge in [-0.15, -0.1) is 0 Å². The lowest BCUT2D eigenvalue weighted by molar-refractivity contribution is 0.0711. The number of ether oxygens (including phenoxy) is 1. The largest absolute Gasteiger partial charge is 0.493 e. The van der Waals surface area contributed by atoms with Crippen molar-refractivity contribution in [2.45, 2.75) is 26.3 Å². The van der Waals surface area contributed by atoms with Gasteiger partial charge in [0.15, 0.2) is 5.82 Å². The molecule has 2 aromatic rings. The smallest absolute Gasteiger partial charge is 0.258 e. The van der Waals surface area contributed by atoms with E-state index in [2.05, 4.69) is 10.1 Å². The van der Waals surface area contributed by atoms with E-state index in [-0.39, 0.29) is 11.9 Å². The summed E-state index contributed by atoms with van der Waals surface area (Å²) in [6.07, 6.45) is 0.688. The third kappa shape index (κ3) is 4.24. The molecule has 2 N–H and O–H groups in total. The second-order valence-electron chi connectivity index (χ2n) is 5.40. The number of hydrogen-bond donors (Lipinski definition) is 1. The van der Waals surface area contributed by atoms with Crippen LogP contribution in [0.5, 0.6) is 5.75 Å². The van der Waals surface area contributed by atoms with E-state index in [1.807, 2.05) is 6.92 Å². The Labute approximate surface area is 145 Å². The van der Waals surface area contributed by atoms with E-state index in [4.69, 9.17) is 26.6 Å². The normalized spacial score (nSPS) is 12.0. The van der Waals surface area contributed by atoms with Crippen molar-refractivity contribution in [2.24, 2.45) is 5.73 Å². The molecule has 1 heterocycles. The first-order valence-corrected chi connectivity index (χ1v) is 8.01. The van der Waals surface area contributed by atoms with Gasteiger partial charge in [-0.25, -0.2) is 0 Å². The van der Waals surface area contributed by atoms with Gasteiger partial charge in [0.1, 0.15) is 11.8 Å². The van der Waals surface area contributed by atoms with Crippen LogP contribution in [0.4, 0.5) is 0 Å². The summed E-state index contributed by atoms with van der Waals surface area (Å²) in [5.41, 5.74) is 5.89. The summed E-state index contributed by atoms with van der Waals surface area (Å²) in [5, 5.41) is 4.25. The second-order valence-corrected chi connectivity index (χ2v) is 5.84. The Morgan fingerprint density at radius 2 is 2.25 bits per heavy atom. The van der Waals surface area contributed by atoms with Crippen LogP contribution in [-0.2, 0) is 0 Å². The lowest BCUT2D eigenvalue weighted by Gasteiger charge is -2.23. The zero-order chi connectivity index (χ0) is 17.7. The molecule has 0 aliphatic carbocycles. The van der Waals surface area contributed by atoms with Gasteiger partial charge in [-0.05, 0) is 45.0 Å². The molecular formula is C16H21ClN4O3. The molecular weight excluding hydrogens is 332 g/mol. The van der Waals surface area contributed by atoms with Gasteiger partial charge < -0.3 is 19.9 Å². The van der Waals surface area contributed by atoms with Crippen LogP contribution in [0.15, 0.2) is 22.7 Å². The summed E-state index contributed by atoms with van der Waals surface area (Å²) < 4.78 is 10.8. The zero-order valence-corrected chi connectivity index (χ0v) is 14.7. The number of halogens is 1. The molecule has 130 valence electrons. The minimum atomic E-state index is -0.369. The van der Waals surface area contributed by atoms with Gasteiger partial charge in [0.05, 0.1) is 12.2 Å². The van der Waals surface area contributed by atoms with Crippen LogP contribution in [0.1, 0.15) is 41.5 Å². The number of nitrogens with two attached hydrogens (primary N) is 1. The number of hydrogen-bond acceptors (Lipinski definition) is 6. The number of aryl methyl sites for hydroxylation is 1. The fourth-order valence-corrected chi connectivity index (χ4v) is 2.23. The molecule has 0 aliphatic heterocycles. The molecule has 0 aliphatic rings. The molecule has 24 heavy (non-hydrogen) atoms. The topological polar surface area (TPSA) is 94.5 Å². The molecule has 0 unspecified atom stereocenters. The van der Waals surface area contributed by atoms with Crippen molar-refractivity contribution in [1.29, 1.82) is 0 Å².